The minimum atomic E-state index is -0.778. The van der Waals surface area contributed by atoms with E-state index >= 15 is 0 Å². The second-order valence-corrected chi connectivity index (χ2v) is 5.06. The van der Waals surface area contributed by atoms with Crippen molar-refractivity contribution in [3.05, 3.63) is 24.3 Å². The second kappa shape index (κ2) is 5.09. The first-order valence-corrected chi connectivity index (χ1v) is 6.58. The van der Waals surface area contributed by atoms with Gasteiger partial charge in [0.25, 0.3) is 0 Å². The summed E-state index contributed by atoms with van der Waals surface area (Å²) in [7, 11) is 0. The summed E-state index contributed by atoms with van der Waals surface area (Å²) < 4.78 is 11.4. The summed E-state index contributed by atoms with van der Waals surface area (Å²) in [4.78, 5) is 11.1. The van der Waals surface area contributed by atoms with Gasteiger partial charge in [-0.25, -0.2) is 0 Å². The lowest BCUT2D eigenvalue weighted by Crippen LogP contribution is -2.46. The number of ether oxygens (including phenoxy) is 2. The number of benzene rings is 1. The molecular weight excluding hydrogens is 246 g/mol. The Kier molecular flexibility index (Phi) is 3.29. The van der Waals surface area contributed by atoms with Gasteiger partial charge in [0.1, 0.15) is 18.8 Å². The molecule has 2 aliphatic rings. The summed E-state index contributed by atoms with van der Waals surface area (Å²) in [5, 5.41) is 12.2. The van der Waals surface area contributed by atoms with Crippen LogP contribution < -0.4 is 14.8 Å². The molecule has 102 valence electrons. The molecule has 1 aliphatic heterocycles. The summed E-state index contributed by atoms with van der Waals surface area (Å²) in [6, 6.07) is 7.05. The minimum Gasteiger partial charge on any atom is -0.486 e. The Morgan fingerprint density at radius 1 is 1.37 bits per heavy atom. The molecule has 0 amide bonds. The van der Waals surface area contributed by atoms with Crippen molar-refractivity contribution in [3.63, 3.8) is 0 Å². The lowest BCUT2D eigenvalue weighted by Gasteiger charge is -2.27. The summed E-state index contributed by atoms with van der Waals surface area (Å²) in [6.07, 6.45) is 1.85. The highest BCUT2D eigenvalue weighted by Gasteiger charge is 2.36. The average molecular weight is 263 g/mol. The maximum atomic E-state index is 11.1. The molecule has 19 heavy (non-hydrogen) atoms. The molecule has 0 bridgehead atoms. The van der Waals surface area contributed by atoms with Crippen molar-refractivity contribution in [1.82, 2.24) is 5.32 Å². The zero-order valence-corrected chi connectivity index (χ0v) is 10.5. The van der Waals surface area contributed by atoms with Gasteiger partial charge in [0.05, 0.1) is 0 Å². The number of hydrogen-bond donors (Lipinski definition) is 2. The van der Waals surface area contributed by atoms with Crippen molar-refractivity contribution in [2.45, 2.75) is 25.0 Å². The third kappa shape index (κ3) is 2.81. The number of carboxylic acids is 1. The predicted molar refractivity (Wildman–Crippen MR) is 68.5 cm³/mol. The van der Waals surface area contributed by atoms with Gasteiger partial charge in [-0.3, -0.25) is 4.79 Å². The van der Waals surface area contributed by atoms with E-state index in [1.165, 1.54) is 0 Å². The number of nitrogens with one attached hydrogen (secondary N) is 1. The summed E-state index contributed by atoms with van der Waals surface area (Å²) in [5.41, 5.74) is 0. The van der Waals surface area contributed by atoms with Gasteiger partial charge in [-0.2, -0.15) is 0 Å². The van der Waals surface area contributed by atoms with Crippen LogP contribution >= 0.6 is 0 Å². The van der Waals surface area contributed by atoms with Crippen molar-refractivity contribution in [2.75, 3.05) is 13.2 Å². The van der Waals surface area contributed by atoms with E-state index in [1.807, 2.05) is 24.3 Å². The van der Waals surface area contributed by atoms with Crippen LogP contribution in [0.3, 0.4) is 0 Å². The van der Waals surface area contributed by atoms with E-state index < -0.39 is 12.0 Å². The van der Waals surface area contributed by atoms with Crippen LogP contribution in [0.25, 0.3) is 0 Å². The molecule has 3 rings (SSSR count). The molecule has 5 heteroatoms. The molecule has 1 aliphatic carbocycles. The lowest BCUT2D eigenvalue weighted by molar-refractivity contribution is -0.140. The van der Waals surface area contributed by atoms with Crippen molar-refractivity contribution in [1.29, 1.82) is 0 Å². The fraction of sp³-hybridized carbons (Fsp3) is 0.500. The molecule has 2 N–H and O–H groups in total. The minimum absolute atomic E-state index is 0.143. The maximum Gasteiger partial charge on any atom is 0.320 e. The van der Waals surface area contributed by atoms with Crippen LogP contribution in [0.1, 0.15) is 12.8 Å². The van der Waals surface area contributed by atoms with Crippen molar-refractivity contribution >= 4 is 5.97 Å². The van der Waals surface area contributed by atoms with Crippen molar-refractivity contribution < 1.29 is 19.4 Å². The highest BCUT2D eigenvalue weighted by molar-refractivity contribution is 5.74. The van der Waals surface area contributed by atoms with Crippen LogP contribution in [0.2, 0.25) is 0 Å². The molecule has 2 atom stereocenters. The molecule has 1 aromatic rings. The van der Waals surface area contributed by atoms with Crippen LogP contribution in [0.5, 0.6) is 11.5 Å². The summed E-state index contributed by atoms with van der Waals surface area (Å²) in [5.74, 6) is 0.962. The molecule has 0 saturated heterocycles. The molecule has 0 aromatic heterocycles. The maximum absolute atomic E-state index is 11.1. The highest BCUT2D eigenvalue weighted by Crippen LogP contribution is 2.33. The SMILES string of the molecule is O=C(O)C(NCC1COc2ccccc2O1)C1CC1. The van der Waals surface area contributed by atoms with Gasteiger partial charge in [-0.05, 0) is 30.9 Å². The quantitative estimate of drug-likeness (QED) is 0.837. The number of aliphatic carboxylic acids is 1. The van der Waals surface area contributed by atoms with Gasteiger partial charge < -0.3 is 19.9 Å². The Morgan fingerprint density at radius 3 is 2.79 bits per heavy atom. The molecule has 0 radical (unpaired) electrons. The van der Waals surface area contributed by atoms with E-state index in [1.54, 1.807) is 0 Å². The van der Waals surface area contributed by atoms with E-state index in [4.69, 9.17) is 14.6 Å². The Labute approximate surface area is 111 Å². The standard InChI is InChI=1S/C14H17NO4/c16-14(17)13(9-5-6-9)15-7-10-8-18-11-3-1-2-4-12(11)19-10/h1-4,9-10,13,15H,5-8H2,(H,16,17). The number of carboxylic acid groups (broad SMARTS) is 1. The Bertz CT molecular complexity index is 472. The molecule has 1 aromatic carbocycles. The summed E-state index contributed by atoms with van der Waals surface area (Å²) in [6.45, 7) is 0.933. The number of para-hydroxylation sites is 2. The van der Waals surface area contributed by atoms with E-state index in [9.17, 15) is 4.79 Å². The second-order valence-electron chi connectivity index (χ2n) is 5.06. The molecule has 0 spiro atoms. The van der Waals surface area contributed by atoms with E-state index in [0.717, 1.165) is 24.3 Å². The first kappa shape index (κ1) is 12.3. The predicted octanol–water partition coefficient (Wildman–Crippen LogP) is 1.28. The smallest absolute Gasteiger partial charge is 0.320 e. The van der Waals surface area contributed by atoms with Gasteiger partial charge in [0.2, 0.25) is 0 Å². The molecule has 1 heterocycles. The highest BCUT2D eigenvalue weighted by atomic mass is 16.6. The largest absolute Gasteiger partial charge is 0.486 e. The third-order valence-electron chi connectivity index (χ3n) is 3.49. The Balaban J connectivity index is 1.55. The van der Waals surface area contributed by atoms with Crippen LogP contribution in [0, 0.1) is 5.92 Å². The van der Waals surface area contributed by atoms with Gasteiger partial charge in [-0.1, -0.05) is 12.1 Å². The Morgan fingerprint density at radius 2 is 2.11 bits per heavy atom. The fourth-order valence-corrected chi connectivity index (χ4v) is 2.31. The van der Waals surface area contributed by atoms with E-state index in [2.05, 4.69) is 5.32 Å². The third-order valence-corrected chi connectivity index (χ3v) is 3.49. The molecule has 1 fully saturated rings. The van der Waals surface area contributed by atoms with E-state index in [0.29, 0.717) is 13.2 Å². The first-order valence-electron chi connectivity index (χ1n) is 6.58. The van der Waals surface area contributed by atoms with Crippen LogP contribution in [-0.4, -0.2) is 36.4 Å². The molecule has 5 nitrogen and oxygen atoms in total. The van der Waals surface area contributed by atoms with Crippen LogP contribution in [0.15, 0.2) is 24.3 Å². The van der Waals surface area contributed by atoms with Gasteiger partial charge in [0.15, 0.2) is 11.5 Å². The number of rotatable bonds is 5. The normalized spacial score (nSPS) is 22.8. The lowest BCUT2D eigenvalue weighted by atomic mass is 10.2. The van der Waals surface area contributed by atoms with Crippen LogP contribution in [0.4, 0.5) is 0 Å². The van der Waals surface area contributed by atoms with Gasteiger partial charge >= 0.3 is 5.97 Å². The monoisotopic (exact) mass is 263 g/mol. The number of fused-ring (bicyclic) bond motifs is 1. The summed E-state index contributed by atoms with van der Waals surface area (Å²) >= 11 is 0. The van der Waals surface area contributed by atoms with E-state index in [-0.39, 0.29) is 12.0 Å². The van der Waals surface area contributed by atoms with Crippen LogP contribution in [-0.2, 0) is 4.79 Å². The number of carbonyl (C=O) groups is 1. The van der Waals surface area contributed by atoms with Gasteiger partial charge in [0, 0.05) is 6.54 Å². The van der Waals surface area contributed by atoms with Crippen molar-refractivity contribution in [2.24, 2.45) is 5.92 Å². The number of hydrogen-bond acceptors (Lipinski definition) is 4. The Hall–Kier alpha value is -1.75. The molecule has 1 saturated carbocycles. The van der Waals surface area contributed by atoms with Crippen molar-refractivity contribution in [3.8, 4) is 11.5 Å². The topological polar surface area (TPSA) is 67.8 Å². The molecule has 2 unspecified atom stereocenters. The fourth-order valence-electron chi connectivity index (χ4n) is 2.31. The van der Waals surface area contributed by atoms with Gasteiger partial charge in [-0.15, -0.1) is 0 Å². The zero-order chi connectivity index (χ0) is 13.2. The average Bonchev–Trinajstić information content (AvgIpc) is 3.23. The zero-order valence-electron chi connectivity index (χ0n) is 10.5. The molecular formula is C14H17NO4. The first-order chi connectivity index (χ1) is 9.24.